The molecule has 4 nitrogen and oxygen atoms in total. The lowest BCUT2D eigenvalue weighted by Gasteiger charge is -2.91. The molecule has 8 heteroatoms. The first-order chi connectivity index (χ1) is 11.1. The molecule has 2 N–H and O–H groups in total. The molecule has 0 aromatic carbocycles. The van der Waals surface area contributed by atoms with Gasteiger partial charge < -0.3 is 10.2 Å². The van der Waals surface area contributed by atoms with Crippen molar-refractivity contribution in [2.24, 2.45) is 35.5 Å². The second kappa shape index (κ2) is 3.60. The number of carboxylic acid groups (broad SMARTS) is 2. The van der Waals surface area contributed by atoms with Crippen molar-refractivity contribution in [1.29, 1.82) is 0 Å². The van der Waals surface area contributed by atoms with Gasteiger partial charge >= 0.3 is 11.9 Å². The summed E-state index contributed by atoms with van der Waals surface area (Å²) < 4.78 is 61.8. The zero-order chi connectivity index (χ0) is 17.4. The predicted octanol–water partition coefficient (Wildman–Crippen LogP) is 2.31. The number of carboxylic acids is 2. The van der Waals surface area contributed by atoms with Crippen LogP contribution >= 0.6 is 0 Å². The third-order valence-electron chi connectivity index (χ3n) is 7.94. The zero-order valence-electron chi connectivity index (χ0n) is 12.5. The minimum atomic E-state index is -3.22. The molecule has 5 aliphatic rings. The Morgan fingerprint density at radius 3 is 1.33 bits per heavy atom. The van der Waals surface area contributed by atoms with E-state index >= 15 is 17.6 Å². The van der Waals surface area contributed by atoms with Crippen LogP contribution in [0, 0.1) is 35.5 Å². The van der Waals surface area contributed by atoms with E-state index in [-0.39, 0.29) is 12.8 Å². The molecule has 5 aliphatic carbocycles. The maximum atomic E-state index is 15.5. The van der Waals surface area contributed by atoms with Crippen LogP contribution in [-0.4, -0.2) is 44.8 Å². The highest BCUT2D eigenvalue weighted by molar-refractivity contribution is 5.86. The Morgan fingerprint density at radius 1 is 0.708 bits per heavy atom. The minimum absolute atomic E-state index is 0.256. The molecule has 5 saturated carbocycles. The van der Waals surface area contributed by atoms with Gasteiger partial charge in [-0.25, -0.2) is 17.6 Å². The highest BCUT2D eigenvalue weighted by Crippen LogP contribution is 2.94. The molecule has 10 atom stereocenters. The number of carbonyl (C=O) groups is 2. The fourth-order valence-corrected chi connectivity index (χ4v) is 7.29. The van der Waals surface area contributed by atoms with Gasteiger partial charge in [0.2, 0.25) is 0 Å². The molecule has 0 unspecified atom stereocenters. The van der Waals surface area contributed by atoms with E-state index in [1.165, 1.54) is 0 Å². The monoisotopic (exact) mass is 348 g/mol. The summed E-state index contributed by atoms with van der Waals surface area (Å²) in [4.78, 5) is 22.6. The van der Waals surface area contributed by atoms with Crippen molar-refractivity contribution in [2.75, 3.05) is 0 Å². The van der Waals surface area contributed by atoms with Gasteiger partial charge in [0.1, 0.15) is 0 Å². The van der Waals surface area contributed by atoms with Crippen LogP contribution in [0.3, 0.4) is 0 Å². The van der Waals surface area contributed by atoms with E-state index in [0.717, 1.165) is 0 Å². The Bertz CT molecular complexity index is 644. The number of hydrogen-bond donors (Lipinski definition) is 2. The molecule has 0 amide bonds. The van der Waals surface area contributed by atoms with E-state index < -0.39 is 70.1 Å². The third-order valence-corrected chi connectivity index (χ3v) is 7.94. The molecular weight excluding hydrogens is 332 g/mol. The Hall–Kier alpha value is -1.34. The summed E-state index contributed by atoms with van der Waals surface area (Å²) in [6.07, 6.45) is 1.72. The molecule has 132 valence electrons. The Morgan fingerprint density at radius 2 is 1.04 bits per heavy atom. The highest BCUT2D eigenvalue weighted by atomic mass is 19.2. The summed E-state index contributed by atoms with van der Waals surface area (Å²) in [5.41, 5.74) is -12.5. The Kier molecular flexibility index (Phi) is 2.25. The van der Waals surface area contributed by atoms with Gasteiger partial charge in [0, 0.05) is 23.7 Å². The van der Waals surface area contributed by atoms with Crippen molar-refractivity contribution in [3.05, 3.63) is 0 Å². The van der Waals surface area contributed by atoms with E-state index in [2.05, 4.69) is 0 Å². The fraction of sp³-hybridized carbons (Fsp3) is 0.875. The standard InChI is InChI=1S/C16H16F4O4/c17-13-5-3-1-2-4-6(5)14(13,18)16(20)10-8(12(23)24)7(11(21)22)9(10)15(13,16)19/h5-10H,1-4H2,(H,21,22)(H,23,24)/t5-,6+,7+,8-,9-,10+,13-,14+,15+,16-. The first-order valence-electron chi connectivity index (χ1n) is 8.33. The van der Waals surface area contributed by atoms with Gasteiger partial charge in [-0.3, -0.25) is 9.59 Å². The second-order valence-corrected chi connectivity index (χ2v) is 8.12. The van der Waals surface area contributed by atoms with Gasteiger partial charge in [0.05, 0.1) is 11.8 Å². The van der Waals surface area contributed by atoms with E-state index in [1.54, 1.807) is 0 Å². The van der Waals surface area contributed by atoms with Crippen LogP contribution in [-0.2, 0) is 9.59 Å². The Labute approximate surface area is 134 Å². The van der Waals surface area contributed by atoms with Crippen LogP contribution in [0.25, 0.3) is 0 Å². The molecule has 0 spiro atoms. The third kappa shape index (κ3) is 0.910. The van der Waals surface area contributed by atoms with E-state index in [1.807, 2.05) is 0 Å². The van der Waals surface area contributed by atoms with E-state index in [0.29, 0.717) is 12.8 Å². The molecule has 0 saturated heterocycles. The normalized spacial score (nSPS) is 65.3. The molecule has 0 heterocycles. The van der Waals surface area contributed by atoms with Crippen LogP contribution in [0.15, 0.2) is 0 Å². The minimum Gasteiger partial charge on any atom is -0.481 e. The van der Waals surface area contributed by atoms with Crippen LogP contribution in [0.2, 0.25) is 0 Å². The van der Waals surface area contributed by atoms with E-state index in [9.17, 15) is 19.8 Å². The van der Waals surface area contributed by atoms with Gasteiger partial charge in [-0.2, -0.15) is 0 Å². The number of hydrogen-bond acceptors (Lipinski definition) is 2. The maximum absolute atomic E-state index is 15.5. The van der Waals surface area contributed by atoms with Crippen LogP contribution in [0.4, 0.5) is 17.6 Å². The smallest absolute Gasteiger partial charge is 0.307 e. The van der Waals surface area contributed by atoms with Gasteiger partial charge in [0.15, 0.2) is 22.7 Å². The van der Waals surface area contributed by atoms with Crippen molar-refractivity contribution < 1.29 is 37.4 Å². The predicted molar refractivity (Wildman–Crippen MR) is 70.0 cm³/mol. The topological polar surface area (TPSA) is 74.6 Å². The lowest BCUT2D eigenvalue weighted by Crippen LogP contribution is -3.10. The summed E-state index contributed by atoms with van der Waals surface area (Å²) in [6.45, 7) is 0. The van der Waals surface area contributed by atoms with Crippen molar-refractivity contribution in [1.82, 2.24) is 0 Å². The summed E-state index contributed by atoms with van der Waals surface area (Å²) in [5, 5.41) is 18.4. The zero-order valence-corrected chi connectivity index (χ0v) is 12.5. The summed E-state index contributed by atoms with van der Waals surface area (Å²) in [7, 11) is 0. The average Bonchev–Trinajstić information content (AvgIpc) is 2.50. The number of fused-ring (bicyclic) bond motifs is 10. The SMILES string of the molecule is O=C(O)[C@@H]1[C@H](C(=O)O)[C@@H]2[C@H]1[C@]1(F)[C@@]2(F)[C@@]2(F)[C@@H]3CCCC[C@@H]3[C@@]12F. The molecule has 5 fully saturated rings. The number of rotatable bonds is 2. The largest absolute Gasteiger partial charge is 0.481 e. The summed E-state index contributed by atoms with van der Waals surface area (Å²) >= 11 is 0. The van der Waals surface area contributed by atoms with Crippen molar-refractivity contribution >= 4 is 11.9 Å². The molecule has 0 aromatic heterocycles. The first-order valence-corrected chi connectivity index (χ1v) is 8.33. The second-order valence-electron chi connectivity index (χ2n) is 8.12. The Balaban J connectivity index is 1.62. The van der Waals surface area contributed by atoms with Crippen LogP contribution in [0.1, 0.15) is 25.7 Å². The van der Waals surface area contributed by atoms with Gasteiger partial charge in [-0.1, -0.05) is 12.8 Å². The van der Waals surface area contributed by atoms with Gasteiger partial charge in [0.25, 0.3) is 0 Å². The van der Waals surface area contributed by atoms with Crippen LogP contribution < -0.4 is 0 Å². The summed E-state index contributed by atoms with van der Waals surface area (Å²) in [6, 6.07) is 0. The maximum Gasteiger partial charge on any atom is 0.307 e. The average molecular weight is 348 g/mol. The van der Waals surface area contributed by atoms with Crippen molar-refractivity contribution in [3.8, 4) is 0 Å². The van der Waals surface area contributed by atoms with Gasteiger partial charge in [-0.15, -0.1) is 0 Å². The molecular formula is C16H16F4O4. The fourth-order valence-electron chi connectivity index (χ4n) is 7.29. The highest BCUT2D eigenvalue weighted by Gasteiger charge is 3.13. The number of aliphatic carboxylic acids is 2. The number of halogens is 4. The van der Waals surface area contributed by atoms with Crippen molar-refractivity contribution in [2.45, 2.75) is 48.4 Å². The van der Waals surface area contributed by atoms with Gasteiger partial charge in [-0.05, 0) is 12.8 Å². The molecule has 0 radical (unpaired) electrons. The lowest BCUT2D eigenvalue weighted by molar-refractivity contribution is -0.545. The molecule has 0 aromatic rings. The number of alkyl halides is 4. The van der Waals surface area contributed by atoms with Crippen LogP contribution in [0.5, 0.6) is 0 Å². The lowest BCUT2D eigenvalue weighted by atomic mass is 9.14. The summed E-state index contributed by atoms with van der Waals surface area (Å²) in [5.74, 6) is -11.7. The van der Waals surface area contributed by atoms with E-state index in [4.69, 9.17) is 0 Å². The molecule has 24 heavy (non-hydrogen) atoms. The molecule has 0 aliphatic heterocycles. The first kappa shape index (κ1) is 15.0. The van der Waals surface area contributed by atoms with Crippen molar-refractivity contribution in [3.63, 3.8) is 0 Å². The molecule has 5 rings (SSSR count). The molecule has 0 bridgehead atoms. The quantitative estimate of drug-likeness (QED) is 0.593.